The molecule has 0 unspecified atom stereocenters. The van der Waals surface area contributed by atoms with Gasteiger partial charge in [0.25, 0.3) is 11.8 Å². The molecule has 266 valence electrons. The van der Waals surface area contributed by atoms with Gasteiger partial charge in [-0.3, -0.25) is 14.9 Å². The predicted octanol–water partition coefficient (Wildman–Crippen LogP) is 8.35. The van der Waals surface area contributed by atoms with Crippen LogP contribution < -0.4 is 24.6 Å². The van der Waals surface area contributed by atoms with Crippen molar-refractivity contribution < 1.29 is 28.2 Å². The number of carbonyl (C=O) groups excluding carboxylic acids is 3. The molecular weight excluding hydrogens is 669 g/mol. The first-order chi connectivity index (χ1) is 25.9. The van der Waals surface area contributed by atoms with Crippen molar-refractivity contribution in [2.75, 3.05) is 29.5 Å². The molecule has 0 bridgehead atoms. The number of ether oxygens (including phenoxy) is 2. The van der Waals surface area contributed by atoms with Crippen molar-refractivity contribution in [1.29, 1.82) is 0 Å². The Labute approximate surface area is 307 Å². The van der Waals surface area contributed by atoms with E-state index in [0.717, 1.165) is 53.2 Å². The van der Waals surface area contributed by atoms with Crippen molar-refractivity contribution in [3.63, 3.8) is 0 Å². The van der Waals surface area contributed by atoms with E-state index in [1.807, 2.05) is 55.5 Å². The Balaban J connectivity index is 1.17. The number of carbonyl (C=O) groups is 3. The van der Waals surface area contributed by atoms with Crippen LogP contribution in [0.1, 0.15) is 65.0 Å². The lowest BCUT2D eigenvalue weighted by atomic mass is 9.76. The number of nitrogens with one attached hydrogen (secondary N) is 1. The molecule has 1 saturated heterocycles. The van der Waals surface area contributed by atoms with Gasteiger partial charge in [-0.15, -0.1) is 0 Å². The third-order valence-electron chi connectivity index (χ3n) is 10.2. The highest BCUT2D eigenvalue weighted by Crippen LogP contribution is 2.50. The van der Waals surface area contributed by atoms with Crippen LogP contribution in [0.4, 0.5) is 20.6 Å². The number of urea groups is 1. The Morgan fingerprint density at radius 1 is 0.755 bits per heavy atom. The van der Waals surface area contributed by atoms with Gasteiger partial charge in [0, 0.05) is 30.6 Å². The van der Waals surface area contributed by atoms with E-state index >= 15 is 0 Å². The molecule has 53 heavy (non-hydrogen) atoms. The molecular formula is C44H38FN3O5. The number of rotatable bonds is 9. The van der Waals surface area contributed by atoms with Gasteiger partial charge in [-0.05, 0) is 95.6 Å². The number of amides is 4. The third-order valence-corrected chi connectivity index (χ3v) is 10.2. The van der Waals surface area contributed by atoms with Gasteiger partial charge in [0.1, 0.15) is 18.0 Å². The van der Waals surface area contributed by atoms with Gasteiger partial charge in [-0.2, -0.15) is 0 Å². The molecule has 0 radical (unpaired) electrons. The topological polar surface area (TPSA) is 88.2 Å². The molecule has 8 rings (SSSR count). The summed E-state index contributed by atoms with van der Waals surface area (Å²) in [7, 11) is 0. The first-order valence-corrected chi connectivity index (χ1v) is 18.0. The Hall–Kier alpha value is -6.22. The fourth-order valence-corrected chi connectivity index (χ4v) is 7.77. The Morgan fingerprint density at radius 3 is 1.98 bits per heavy atom. The molecule has 5 aromatic rings. The second-order valence-electron chi connectivity index (χ2n) is 13.5. The van der Waals surface area contributed by atoms with Crippen LogP contribution in [0.15, 0.2) is 121 Å². The number of nitrogens with zero attached hydrogens (tertiary/aromatic N) is 2. The second kappa shape index (κ2) is 14.4. The van der Waals surface area contributed by atoms with E-state index in [0.29, 0.717) is 29.4 Å². The highest BCUT2D eigenvalue weighted by molar-refractivity contribution is 6.39. The lowest BCUT2D eigenvalue weighted by Gasteiger charge is -2.44. The van der Waals surface area contributed by atoms with Crippen LogP contribution in [0.2, 0.25) is 0 Å². The third kappa shape index (κ3) is 6.66. The van der Waals surface area contributed by atoms with Crippen molar-refractivity contribution in [2.24, 2.45) is 0 Å². The van der Waals surface area contributed by atoms with Crippen molar-refractivity contribution in [1.82, 2.24) is 5.32 Å². The largest absolute Gasteiger partial charge is 0.490 e. The summed E-state index contributed by atoms with van der Waals surface area (Å²) in [5, 5.41) is 2.41. The summed E-state index contributed by atoms with van der Waals surface area (Å²) in [6, 6.07) is 34.9. The van der Waals surface area contributed by atoms with E-state index < -0.39 is 17.8 Å². The minimum absolute atomic E-state index is 0.0658. The van der Waals surface area contributed by atoms with Crippen molar-refractivity contribution in [3.05, 3.63) is 160 Å². The molecule has 0 aromatic heterocycles. The molecule has 0 saturated carbocycles. The summed E-state index contributed by atoms with van der Waals surface area (Å²) in [5.41, 5.74) is 7.18. The molecule has 3 aliphatic rings. The molecule has 4 amide bonds. The summed E-state index contributed by atoms with van der Waals surface area (Å²) in [4.78, 5) is 44.8. The Kier molecular flexibility index (Phi) is 9.22. The highest BCUT2D eigenvalue weighted by Gasteiger charge is 2.40. The smallest absolute Gasteiger partial charge is 0.335 e. The van der Waals surface area contributed by atoms with Crippen molar-refractivity contribution in [3.8, 4) is 11.5 Å². The number of halogens is 1. The zero-order chi connectivity index (χ0) is 36.5. The summed E-state index contributed by atoms with van der Waals surface area (Å²) >= 11 is 0. The molecule has 2 atom stereocenters. The van der Waals surface area contributed by atoms with Crippen LogP contribution in [0.3, 0.4) is 0 Å². The lowest BCUT2D eigenvalue weighted by Crippen LogP contribution is -2.54. The zero-order valence-corrected chi connectivity index (χ0v) is 29.3. The quantitative estimate of drug-likeness (QED) is 0.122. The molecule has 9 heteroatoms. The predicted molar refractivity (Wildman–Crippen MR) is 202 cm³/mol. The van der Waals surface area contributed by atoms with Crippen LogP contribution in [-0.2, 0) is 16.2 Å². The minimum atomic E-state index is -0.792. The van der Waals surface area contributed by atoms with E-state index in [1.165, 1.54) is 29.3 Å². The number of hydrogen-bond acceptors (Lipinski definition) is 6. The van der Waals surface area contributed by atoms with E-state index in [1.54, 1.807) is 30.3 Å². The van der Waals surface area contributed by atoms with E-state index in [2.05, 4.69) is 34.5 Å². The van der Waals surface area contributed by atoms with E-state index in [9.17, 15) is 18.8 Å². The first-order valence-electron chi connectivity index (χ1n) is 18.0. The standard InChI is InChI=1S/C44H38FN3O5/c1-2-52-40-24-29(15-18-39(40)53-27-28-13-16-32(45)17-14-28)23-38-42(49)46-44(51)48(43(38)50)33-25-36-34(30-9-5-3-6-10-30)19-21-47-22-20-35(37(26-33)41(36)47)31-11-7-4-8-12-31/h3-18,23-26,34-35H,2,19-22,27H2,1H3,(H,46,49,51)/b38-23+/t34-,35-/m1/s1. The molecule has 3 aliphatic heterocycles. The van der Waals surface area contributed by atoms with Gasteiger partial charge in [-0.25, -0.2) is 14.1 Å². The summed E-state index contributed by atoms with van der Waals surface area (Å²) in [6.45, 7) is 4.19. The molecule has 1 fully saturated rings. The van der Waals surface area contributed by atoms with E-state index in [-0.39, 0.29) is 29.8 Å². The SMILES string of the molecule is CCOc1cc(/C=C2\C(=O)NC(=O)N(c3cc4c5c(c3)[C@@H](c3ccccc3)CCN5CC[C@@H]4c3ccccc3)C2=O)ccc1OCc1ccc(F)cc1. The van der Waals surface area contributed by atoms with Crippen LogP contribution in [0, 0.1) is 5.82 Å². The average Bonchev–Trinajstić information content (AvgIpc) is 3.18. The molecule has 0 aliphatic carbocycles. The maximum atomic E-state index is 14.3. The Morgan fingerprint density at radius 2 is 1.38 bits per heavy atom. The molecule has 8 nitrogen and oxygen atoms in total. The molecule has 1 N–H and O–H groups in total. The number of barbiturate groups is 1. The van der Waals surface area contributed by atoms with Gasteiger partial charge in [-0.1, -0.05) is 78.9 Å². The van der Waals surface area contributed by atoms with Crippen LogP contribution in [-0.4, -0.2) is 37.5 Å². The van der Waals surface area contributed by atoms with Crippen LogP contribution >= 0.6 is 0 Å². The lowest BCUT2D eigenvalue weighted by molar-refractivity contribution is -0.122. The van der Waals surface area contributed by atoms with Gasteiger partial charge in [0.15, 0.2) is 11.5 Å². The number of imide groups is 2. The van der Waals surface area contributed by atoms with Gasteiger partial charge >= 0.3 is 6.03 Å². The first kappa shape index (κ1) is 33.9. The normalized spacial score (nSPS) is 18.8. The summed E-state index contributed by atoms with van der Waals surface area (Å²) in [5.74, 6) is -0.821. The van der Waals surface area contributed by atoms with Gasteiger partial charge < -0.3 is 14.4 Å². The molecule has 3 heterocycles. The fraction of sp³-hybridized carbons (Fsp3) is 0.205. The van der Waals surface area contributed by atoms with Crippen molar-refractivity contribution in [2.45, 2.75) is 38.2 Å². The maximum absolute atomic E-state index is 14.3. The molecule has 5 aromatic carbocycles. The van der Waals surface area contributed by atoms with Gasteiger partial charge in [0.05, 0.1) is 12.3 Å². The minimum Gasteiger partial charge on any atom is -0.490 e. The monoisotopic (exact) mass is 707 g/mol. The fourth-order valence-electron chi connectivity index (χ4n) is 7.77. The van der Waals surface area contributed by atoms with Crippen LogP contribution in [0.5, 0.6) is 11.5 Å². The molecule has 0 spiro atoms. The number of anilines is 2. The Bertz CT molecular complexity index is 2150. The van der Waals surface area contributed by atoms with E-state index in [4.69, 9.17) is 9.47 Å². The van der Waals surface area contributed by atoms with Gasteiger partial charge in [0.2, 0.25) is 0 Å². The van der Waals surface area contributed by atoms with Crippen molar-refractivity contribution >= 4 is 35.3 Å². The summed E-state index contributed by atoms with van der Waals surface area (Å²) in [6.07, 6.45) is 3.25. The maximum Gasteiger partial charge on any atom is 0.335 e. The number of hydrogen-bond donors (Lipinski definition) is 1. The zero-order valence-electron chi connectivity index (χ0n) is 29.3. The summed E-state index contributed by atoms with van der Waals surface area (Å²) < 4.78 is 25.2. The number of benzene rings is 5. The average molecular weight is 708 g/mol. The highest BCUT2D eigenvalue weighted by atomic mass is 19.1. The second-order valence-corrected chi connectivity index (χ2v) is 13.5. The van der Waals surface area contributed by atoms with Crippen LogP contribution in [0.25, 0.3) is 6.08 Å².